The van der Waals surface area contributed by atoms with Gasteiger partial charge in [-0.15, -0.1) is 0 Å². The van der Waals surface area contributed by atoms with Gasteiger partial charge in [0, 0.05) is 5.56 Å². The molecule has 3 nitrogen and oxygen atoms in total. The van der Waals surface area contributed by atoms with Crippen molar-refractivity contribution in [1.29, 1.82) is 0 Å². The lowest BCUT2D eigenvalue weighted by atomic mass is 10.2. The molecule has 0 saturated carbocycles. The molecule has 3 heteroatoms. The van der Waals surface area contributed by atoms with E-state index in [2.05, 4.69) is 4.74 Å². The van der Waals surface area contributed by atoms with Crippen LogP contribution in [0.1, 0.15) is 18.9 Å². The zero-order chi connectivity index (χ0) is 10.2. The summed E-state index contributed by atoms with van der Waals surface area (Å²) in [6.07, 6.45) is 0.953. The second kappa shape index (κ2) is 6.02. The number of para-hydroxylation sites is 1. The quantitative estimate of drug-likeness (QED) is 0.693. The number of rotatable bonds is 6. The lowest BCUT2D eigenvalue weighted by molar-refractivity contribution is 0.254. The molecule has 0 spiro atoms. The van der Waals surface area contributed by atoms with Crippen molar-refractivity contribution >= 4 is 6.47 Å². The molecule has 14 heavy (non-hydrogen) atoms. The highest BCUT2D eigenvalue weighted by molar-refractivity contribution is 5.40. The Bertz CT molecular complexity index is 284. The van der Waals surface area contributed by atoms with Crippen molar-refractivity contribution in [2.75, 3.05) is 6.61 Å². The second-order valence-corrected chi connectivity index (χ2v) is 2.83. The van der Waals surface area contributed by atoms with Crippen molar-refractivity contribution in [3.05, 3.63) is 29.8 Å². The highest BCUT2D eigenvalue weighted by atomic mass is 16.5. The smallest absolute Gasteiger partial charge is 0.417 e. The maximum Gasteiger partial charge on any atom is 0.417 e. The van der Waals surface area contributed by atoms with Crippen molar-refractivity contribution in [3.63, 3.8) is 0 Å². The summed E-state index contributed by atoms with van der Waals surface area (Å²) in [4.78, 5) is 9.92. The van der Waals surface area contributed by atoms with Crippen molar-refractivity contribution in [3.8, 4) is 5.75 Å². The molecule has 0 heterocycles. The molecule has 75 valence electrons. The van der Waals surface area contributed by atoms with Crippen LogP contribution >= 0.6 is 0 Å². The van der Waals surface area contributed by atoms with Crippen LogP contribution in [-0.4, -0.2) is 13.1 Å². The van der Waals surface area contributed by atoms with Gasteiger partial charge in [-0.25, -0.2) is 4.79 Å². The molecular weight excluding hydrogens is 180 g/mol. The average Bonchev–Trinajstić information content (AvgIpc) is 2.24. The lowest BCUT2D eigenvalue weighted by Gasteiger charge is -2.09. The maximum absolute atomic E-state index is 9.92. The summed E-state index contributed by atoms with van der Waals surface area (Å²) in [5.74, 6) is 0.768. The van der Waals surface area contributed by atoms with Gasteiger partial charge in [-0.1, -0.05) is 25.1 Å². The molecule has 1 aromatic rings. The first-order valence-corrected chi connectivity index (χ1v) is 4.58. The van der Waals surface area contributed by atoms with Crippen molar-refractivity contribution < 1.29 is 14.3 Å². The van der Waals surface area contributed by atoms with Crippen molar-refractivity contribution in [2.45, 2.75) is 20.0 Å². The van der Waals surface area contributed by atoms with E-state index in [4.69, 9.17) is 4.74 Å². The first-order valence-electron chi connectivity index (χ1n) is 4.58. The molecule has 1 radical (unpaired) electrons. The normalized spacial score (nSPS) is 9.50. The molecule has 0 bridgehead atoms. The Hall–Kier alpha value is -1.51. The fraction of sp³-hybridized carbons (Fsp3) is 0.364. The molecule has 0 aromatic heterocycles. The molecule has 0 amide bonds. The van der Waals surface area contributed by atoms with Crippen LogP contribution in [0.25, 0.3) is 0 Å². The Morgan fingerprint density at radius 2 is 2.14 bits per heavy atom. The van der Waals surface area contributed by atoms with Crippen LogP contribution in [0.4, 0.5) is 0 Å². The monoisotopic (exact) mass is 193 g/mol. The highest BCUT2D eigenvalue weighted by Crippen LogP contribution is 2.18. The summed E-state index contributed by atoms with van der Waals surface area (Å²) >= 11 is 0. The predicted molar refractivity (Wildman–Crippen MR) is 52.7 cm³/mol. The molecule has 0 fully saturated rings. The zero-order valence-electron chi connectivity index (χ0n) is 8.16. The first kappa shape index (κ1) is 10.6. The summed E-state index contributed by atoms with van der Waals surface area (Å²) in [6, 6.07) is 7.49. The minimum atomic E-state index is 0.212. The molecule has 0 aliphatic heterocycles. The minimum absolute atomic E-state index is 0.212. The van der Waals surface area contributed by atoms with E-state index in [0.29, 0.717) is 6.61 Å². The van der Waals surface area contributed by atoms with Gasteiger partial charge in [0.15, 0.2) is 0 Å². The number of carbonyl (C=O) groups excluding carboxylic acids is 1. The SMILES string of the molecule is CCCOc1ccccc1CO[C]=O. The van der Waals surface area contributed by atoms with Crippen LogP contribution in [0, 0.1) is 0 Å². The Kier molecular flexibility index (Phi) is 4.55. The van der Waals surface area contributed by atoms with Crippen LogP contribution in [0.2, 0.25) is 0 Å². The molecule has 1 aromatic carbocycles. The largest absolute Gasteiger partial charge is 0.493 e. The number of hydrogen-bond donors (Lipinski definition) is 0. The standard InChI is InChI=1S/C11H13O3/c1-2-7-14-11-6-4-3-5-10(11)8-13-9-12/h3-6H,2,7-8H2,1H3. The van der Waals surface area contributed by atoms with Gasteiger partial charge in [0.05, 0.1) is 6.61 Å². The molecule has 0 aliphatic rings. The molecule has 0 aliphatic carbocycles. The summed E-state index contributed by atoms with van der Waals surface area (Å²) in [5, 5.41) is 0. The van der Waals surface area contributed by atoms with Crippen LogP contribution in [0.3, 0.4) is 0 Å². The molecule has 1 rings (SSSR count). The average molecular weight is 193 g/mol. The third-order valence-corrected chi connectivity index (χ3v) is 1.72. The molecule has 0 atom stereocenters. The highest BCUT2D eigenvalue weighted by Gasteiger charge is 2.02. The van der Waals surface area contributed by atoms with E-state index < -0.39 is 0 Å². The van der Waals surface area contributed by atoms with Crippen LogP contribution in [0.15, 0.2) is 24.3 Å². The van der Waals surface area contributed by atoms with Crippen molar-refractivity contribution in [2.24, 2.45) is 0 Å². The van der Waals surface area contributed by atoms with E-state index in [1.165, 1.54) is 6.47 Å². The second-order valence-electron chi connectivity index (χ2n) is 2.83. The zero-order valence-corrected chi connectivity index (χ0v) is 8.16. The maximum atomic E-state index is 9.92. The number of ether oxygens (including phenoxy) is 2. The van der Waals surface area contributed by atoms with Gasteiger partial charge < -0.3 is 9.47 Å². The third kappa shape index (κ3) is 3.09. The van der Waals surface area contributed by atoms with Gasteiger partial charge in [0.1, 0.15) is 12.4 Å². The lowest BCUT2D eigenvalue weighted by Crippen LogP contribution is -1.99. The Morgan fingerprint density at radius 3 is 2.86 bits per heavy atom. The number of benzene rings is 1. The van der Waals surface area contributed by atoms with E-state index in [1.54, 1.807) is 0 Å². The summed E-state index contributed by atoms with van der Waals surface area (Å²) in [7, 11) is 0. The van der Waals surface area contributed by atoms with E-state index in [1.807, 2.05) is 31.2 Å². The van der Waals surface area contributed by atoms with Gasteiger partial charge in [-0.05, 0) is 12.5 Å². The molecule has 0 unspecified atom stereocenters. The van der Waals surface area contributed by atoms with Crippen LogP contribution in [-0.2, 0) is 16.1 Å². The van der Waals surface area contributed by atoms with Gasteiger partial charge >= 0.3 is 6.47 Å². The Labute approximate surface area is 83.6 Å². The Morgan fingerprint density at radius 1 is 1.36 bits per heavy atom. The summed E-state index contributed by atoms with van der Waals surface area (Å²) in [6.45, 7) is 4.31. The van der Waals surface area contributed by atoms with Crippen LogP contribution in [0.5, 0.6) is 5.75 Å². The van der Waals surface area contributed by atoms with Crippen LogP contribution < -0.4 is 4.74 Å². The molecule has 0 N–H and O–H groups in total. The van der Waals surface area contributed by atoms with Gasteiger partial charge in [-0.2, -0.15) is 0 Å². The van der Waals surface area contributed by atoms with E-state index >= 15 is 0 Å². The summed E-state index contributed by atoms with van der Waals surface area (Å²) in [5.41, 5.74) is 0.865. The van der Waals surface area contributed by atoms with Gasteiger partial charge in [-0.3, -0.25) is 0 Å². The van der Waals surface area contributed by atoms with Gasteiger partial charge in [0.25, 0.3) is 0 Å². The van der Waals surface area contributed by atoms with Crippen molar-refractivity contribution in [1.82, 2.24) is 0 Å². The topological polar surface area (TPSA) is 35.5 Å². The Balaban J connectivity index is 2.64. The first-order chi connectivity index (χ1) is 6.88. The fourth-order valence-electron chi connectivity index (χ4n) is 1.08. The van der Waals surface area contributed by atoms with E-state index in [-0.39, 0.29) is 6.61 Å². The predicted octanol–water partition coefficient (Wildman–Crippen LogP) is 2.06. The van der Waals surface area contributed by atoms with E-state index in [0.717, 1.165) is 17.7 Å². The summed E-state index contributed by atoms with van der Waals surface area (Å²) < 4.78 is 10.0. The third-order valence-electron chi connectivity index (χ3n) is 1.72. The van der Waals surface area contributed by atoms with Gasteiger partial charge in [0.2, 0.25) is 0 Å². The number of hydrogen-bond acceptors (Lipinski definition) is 3. The fourth-order valence-corrected chi connectivity index (χ4v) is 1.08. The molecule has 0 saturated heterocycles. The van der Waals surface area contributed by atoms with E-state index in [9.17, 15) is 4.79 Å². The molecular formula is C11H13O3. The minimum Gasteiger partial charge on any atom is -0.493 e.